The van der Waals surface area contributed by atoms with Crippen LogP contribution in [0.2, 0.25) is 0 Å². The average Bonchev–Trinajstić information content (AvgIpc) is 3.40. The molecule has 3 rings (SSSR count). The number of nitrogens with one attached hydrogen (secondary N) is 1. The van der Waals surface area contributed by atoms with Gasteiger partial charge in [-0.2, -0.15) is 0 Å². The fraction of sp³-hybridized carbons (Fsp3) is 0.900. The lowest BCUT2D eigenvalue weighted by Gasteiger charge is -2.37. The number of aliphatic imine (C=N–C) groups is 1. The molecular weight excluding hydrogens is 326 g/mol. The van der Waals surface area contributed by atoms with Gasteiger partial charge in [0.25, 0.3) is 0 Å². The molecule has 0 spiro atoms. The van der Waals surface area contributed by atoms with Crippen molar-refractivity contribution in [3.63, 3.8) is 0 Å². The molecule has 0 radical (unpaired) electrons. The molecule has 0 aromatic rings. The van der Waals surface area contributed by atoms with Gasteiger partial charge in [-0.25, -0.2) is 0 Å². The molecule has 2 saturated heterocycles. The smallest absolute Gasteiger partial charge is 0.236 e. The Morgan fingerprint density at radius 3 is 2.38 bits per heavy atom. The van der Waals surface area contributed by atoms with Crippen LogP contribution in [0.15, 0.2) is 4.99 Å². The Hall–Kier alpha value is -1.30. The van der Waals surface area contributed by atoms with Gasteiger partial charge in [0, 0.05) is 51.9 Å². The molecule has 26 heavy (non-hydrogen) atoms. The summed E-state index contributed by atoms with van der Waals surface area (Å²) in [6, 6.07) is 0.624. The van der Waals surface area contributed by atoms with Crippen molar-refractivity contribution in [3.8, 4) is 0 Å². The van der Waals surface area contributed by atoms with E-state index in [1.54, 1.807) is 0 Å². The number of carbonyl (C=O) groups excluding carboxylic acids is 1. The van der Waals surface area contributed by atoms with Crippen LogP contribution in [0.5, 0.6) is 0 Å². The summed E-state index contributed by atoms with van der Waals surface area (Å²) in [5.74, 6) is 2.24. The topological polar surface area (TPSA) is 51.2 Å². The molecule has 2 unspecified atom stereocenters. The third-order valence-corrected chi connectivity index (χ3v) is 5.94. The lowest BCUT2D eigenvalue weighted by molar-refractivity contribution is -0.133. The van der Waals surface area contributed by atoms with Gasteiger partial charge in [0.15, 0.2) is 5.96 Å². The van der Waals surface area contributed by atoms with Gasteiger partial charge in [0.1, 0.15) is 0 Å². The molecule has 0 aromatic carbocycles. The van der Waals surface area contributed by atoms with E-state index in [4.69, 9.17) is 4.99 Å². The number of rotatable bonds is 6. The SMILES string of the molecule is CCCC1CC1NC(=NCC)N1CCN(CC(=O)N2CCCCC2)CC1. The summed E-state index contributed by atoms with van der Waals surface area (Å²) in [5.41, 5.74) is 0. The number of piperidine rings is 1. The van der Waals surface area contributed by atoms with Gasteiger partial charge in [0.05, 0.1) is 6.54 Å². The van der Waals surface area contributed by atoms with Gasteiger partial charge in [-0.15, -0.1) is 0 Å². The Morgan fingerprint density at radius 2 is 1.73 bits per heavy atom. The van der Waals surface area contributed by atoms with Crippen LogP contribution in [0.25, 0.3) is 0 Å². The van der Waals surface area contributed by atoms with Crippen molar-refractivity contribution in [3.05, 3.63) is 0 Å². The van der Waals surface area contributed by atoms with Crippen LogP contribution in [0.4, 0.5) is 0 Å². The lowest BCUT2D eigenvalue weighted by atomic mass is 10.1. The molecule has 1 amide bonds. The van der Waals surface area contributed by atoms with Crippen molar-refractivity contribution in [1.29, 1.82) is 0 Å². The van der Waals surface area contributed by atoms with Crippen molar-refractivity contribution >= 4 is 11.9 Å². The minimum Gasteiger partial charge on any atom is -0.353 e. The van der Waals surface area contributed by atoms with Crippen LogP contribution in [0.3, 0.4) is 0 Å². The molecule has 0 aromatic heterocycles. The Balaban J connectivity index is 1.42. The summed E-state index contributed by atoms with van der Waals surface area (Å²) in [4.78, 5) is 23.9. The normalized spacial score (nSPS) is 27.5. The van der Waals surface area contributed by atoms with E-state index in [-0.39, 0.29) is 0 Å². The van der Waals surface area contributed by atoms with Gasteiger partial charge < -0.3 is 15.1 Å². The zero-order valence-electron chi connectivity index (χ0n) is 16.8. The van der Waals surface area contributed by atoms with Crippen molar-refractivity contribution in [2.75, 3.05) is 52.4 Å². The quantitative estimate of drug-likeness (QED) is 0.577. The maximum Gasteiger partial charge on any atom is 0.236 e. The van der Waals surface area contributed by atoms with Crippen LogP contribution >= 0.6 is 0 Å². The third-order valence-electron chi connectivity index (χ3n) is 5.94. The molecule has 2 heterocycles. The van der Waals surface area contributed by atoms with Crippen LogP contribution < -0.4 is 5.32 Å². The summed E-state index contributed by atoms with van der Waals surface area (Å²) in [7, 11) is 0. The number of hydrogen-bond donors (Lipinski definition) is 1. The predicted octanol–water partition coefficient (Wildman–Crippen LogP) is 1.77. The van der Waals surface area contributed by atoms with Crippen molar-refractivity contribution in [1.82, 2.24) is 20.0 Å². The Kier molecular flexibility index (Phi) is 7.17. The summed E-state index contributed by atoms with van der Waals surface area (Å²) in [6.45, 7) is 11.5. The highest BCUT2D eigenvalue weighted by atomic mass is 16.2. The average molecular weight is 364 g/mol. The molecule has 3 fully saturated rings. The number of amides is 1. The summed E-state index contributed by atoms with van der Waals surface area (Å²) in [6.07, 6.45) is 7.50. The lowest BCUT2D eigenvalue weighted by Crippen LogP contribution is -2.55. The van der Waals surface area contributed by atoms with Crippen molar-refractivity contribution in [2.24, 2.45) is 10.9 Å². The van der Waals surface area contributed by atoms with E-state index in [1.165, 1.54) is 38.5 Å². The zero-order valence-corrected chi connectivity index (χ0v) is 16.8. The van der Waals surface area contributed by atoms with E-state index in [9.17, 15) is 4.79 Å². The largest absolute Gasteiger partial charge is 0.353 e. The first kappa shape index (κ1) is 19.5. The first-order valence-electron chi connectivity index (χ1n) is 10.8. The monoisotopic (exact) mass is 363 g/mol. The molecule has 0 bridgehead atoms. The van der Waals surface area contributed by atoms with Crippen LogP contribution in [-0.4, -0.2) is 85.0 Å². The minimum absolute atomic E-state index is 0.319. The first-order valence-corrected chi connectivity index (χ1v) is 10.8. The highest BCUT2D eigenvalue weighted by molar-refractivity contribution is 5.81. The highest BCUT2D eigenvalue weighted by Crippen LogP contribution is 2.34. The minimum atomic E-state index is 0.319. The maximum absolute atomic E-state index is 12.5. The number of likely N-dealkylation sites (tertiary alicyclic amines) is 1. The summed E-state index contributed by atoms with van der Waals surface area (Å²) in [5, 5.41) is 3.69. The van der Waals surface area contributed by atoms with E-state index in [2.05, 4.69) is 33.9 Å². The maximum atomic E-state index is 12.5. The predicted molar refractivity (Wildman–Crippen MR) is 106 cm³/mol. The molecule has 1 N–H and O–H groups in total. The molecular formula is C20H37N5O. The van der Waals surface area contributed by atoms with Gasteiger partial charge in [-0.3, -0.25) is 14.7 Å². The van der Waals surface area contributed by atoms with Crippen molar-refractivity contribution in [2.45, 2.75) is 58.4 Å². The molecule has 2 aliphatic heterocycles. The first-order chi connectivity index (χ1) is 12.7. The summed E-state index contributed by atoms with van der Waals surface area (Å²) < 4.78 is 0. The Morgan fingerprint density at radius 1 is 1.00 bits per heavy atom. The number of piperazine rings is 1. The second-order valence-corrected chi connectivity index (χ2v) is 8.04. The van der Waals surface area contributed by atoms with Crippen LogP contribution in [0.1, 0.15) is 52.4 Å². The van der Waals surface area contributed by atoms with Gasteiger partial charge in [0.2, 0.25) is 5.91 Å². The number of carbonyl (C=O) groups is 1. The summed E-state index contributed by atoms with van der Waals surface area (Å²) >= 11 is 0. The van der Waals surface area contributed by atoms with Gasteiger partial charge in [-0.1, -0.05) is 13.3 Å². The van der Waals surface area contributed by atoms with E-state index < -0.39 is 0 Å². The number of nitrogens with zero attached hydrogens (tertiary/aromatic N) is 4. The van der Waals surface area contributed by atoms with Crippen molar-refractivity contribution < 1.29 is 4.79 Å². The van der Waals surface area contributed by atoms with E-state index in [0.29, 0.717) is 18.5 Å². The number of hydrogen-bond acceptors (Lipinski definition) is 3. The van der Waals surface area contributed by atoms with E-state index in [0.717, 1.165) is 57.7 Å². The highest BCUT2D eigenvalue weighted by Gasteiger charge is 2.37. The second kappa shape index (κ2) is 9.58. The Bertz CT molecular complexity index is 481. The van der Waals surface area contributed by atoms with Crippen LogP contribution in [-0.2, 0) is 4.79 Å². The zero-order chi connectivity index (χ0) is 18.4. The molecule has 6 nitrogen and oxygen atoms in total. The molecule has 148 valence electrons. The number of guanidine groups is 1. The van der Waals surface area contributed by atoms with E-state index in [1.807, 2.05) is 0 Å². The van der Waals surface area contributed by atoms with Crippen LogP contribution in [0, 0.1) is 5.92 Å². The standard InChI is InChI=1S/C20H37N5O/c1-3-8-17-15-18(17)22-20(21-4-2)25-13-11-23(12-14-25)16-19(26)24-9-6-5-7-10-24/h17-18H,3-16H2,1-2H3,(H,21,22). The van der Waals surface area contributed by atoms with Gasteiger partial charge >= 0.3 is 0 Å². The Labute approximate surface area is 159 Å². The molecule has 1 saturated carbocycles. The molecule has 1 aliphatic carbocycles. The van der Waals surface area contributed by atoms with Gasteiger partial charge in [-0.05, 0) is 44.9 Å². The fourth-order valence-electron chi connectivity index (χ4n) is 4.22. The fourth-order valence-corrected chi connectivity index (χ4v) is 4.22. The third kappa shape index (κ3) is 5.35. The second-order valence-electron chi connectivity index (χ2n) is 8.04. The molecule has 2 atom stereocenters. The molecule has 3 aliphatic rings. The van der Waals surface area contributed by atoms with E-state index >= 15 is 0 Å². The molecule has 6 heteroatoms.